The molecule has 1 unspecified atom stereocenters. The zero-order valence-electron chi connectivity index (χ0n) is 13.8. The van der Waals surface area contributed by atoms with Crippen LogP contribution in [0, 0.1) is 0 Å². The fraction of sp³-hybridized carbons (Fsp3) is 0.625. The normalized spacial score (nSPS) is 16.2. The number of rotatable bonds is 5. The second kappa shape index (κ2) is 6.93. The van der Waals surface area contributed by atoms with E-state index >= 15 is 0 Å². The average Bonchev–Trinajstić information content (AvgIpc) is 3.05. The van der Waals surface area contributed by atoms with Gasteiger partial charge in [-0.1, -0.05) is 0 Å². The highest BCUT2D eigenvalue weighted by Gasteiger charge is 2.26. The SMILES string of the molecule is CC(C)(C)OC(=O)NC(Cc1ccc(N2CCCC2)o1)C(=O)O. The zero-order chi connectivity index (χ0) is 17.0. The quantitative estimate of drug-likeness (QED) is 0.864. The first-order chi connectivity index (χ1) is 10.7. The van der Waals surface area contributed by atoms with Crippen LogP contribution >= 0.6 is 0 Å². The van der Waals surface area contributed by atoms with Crippen LogP contribution in [0.5, 0.6) is 0 Å². The number of alkyl carbamates (subject to hydrolysis) is 1. The highest BCUT2D eigenvalue weighted by Crippen LogP contribution is 2.23. The van der Waals surface area contributed by atoms with E-state index in [0.717, 1.165) is 31.8 Å². The first-order valence-corrected chi connectivity index (χ1v) is 7.80. The van der Waals surface area contributed by atoms with Crippen molar-refractivity contribution in [2.75, 3.05) is 18.0 Å². The van der Waals surface area contributed by atoms with Crippen molar-refractivity contribution in [3.63, 3.8) is 0 Å². The Balaban J connectivity index is 1.96. The van der Waals surface area contributed by atoms with Crippen LogP contribution in [-0.2, 0) is 16.0 Å². The van der Waals surface area contributed by atoms with Crippen molar-refractivity contribution in [3.8, 4) is 0 Å². The van der Waals surface area contributed by atoms with Crippen molar-refractivity contribution in [2.24, 2.45) is 0 Å². The number of carbonyl (C=O) groups excluding carboxylic acids is 1. The van der Waals surface area contributed by atoms with E-state index in [1.807, 2.05) is 6.07 Å². The third-order valence-electron chi connectivity index (χ3n) is 3.46. The lowest BCUT2D eigenvalue weighted by atomic mass is 10.1. The summed E-state index contributed by atoms with van der Waals surface area (Å²) in [4.78, 5) is 25.2. The lowest BCUT2D eigenvalue weighted by Gasteiger charge is -2.21. The Bertz CT molecular complexity index is 555. The molecule has 1 saturated heterocycles. The van der Waals surface area contributed by atoms with E-state index in [-0.39, 0.29) is 6.42 Å². The first kappa shape index (κ1) is 17.2. The minimum absolute atomic E-state index is 0.0718. The molecule has 0 aliphatic carbocycles. The summed E-state index contributed by atoms with van der Waals surface area (Å²) < 4.78 is 10.8. The highest BCUT2D eigenvalue weighted by atomic mass is 16.6. The number of ether oxygens (including phenoxy) is 1. The molecule has 1 amide bonds. The first-order valence-electron chi connectivity index (χ1n) is 7.80. The molecular weight excluding hydrogens is 300 g/mol. The maximum Gasteiger partial charge on any atom is 0.408 e. The molecule has 0 radical (unpaired) electrons. The number of hydrogen-bond acceptors (Lipinski definition) is 5. The molecule has 1 atom stereocenters. The number of nitrogens with zero attached hydrogens (tertiary/aromatic N) is 1. The van der Waals surface area contributed by atoms with Gasteiger partial charge in [-0.05, 0) is 39.7 Å². The second-order valence-electron chi connectivity index (χ2n) is 6.68. The van der Waals surface area contributed by atoms with E-state index in [4.69, 9.17) is 9.15 Å². The van der Waals surface area contributed by atoms with E-state index in [1.165, 1.54) is 0 Å². The van der Waals surface area contributed by atoms with Crippen LogP contribution in [0.4, 0.5) is 10.7 Å². The molecule has 128 valence electrons. The molecule has 0 spiro atoms. The van der Waals surface area contributed by atoms with Crippen molar-refractivity contribution >= 4 is 17.9 Å². The molecule has 7 heteroatoms. The fourth-order valence-corrected chi connectivity index (χ4v) is 2.43. The van der Waals surface area contributed by atoms with Crippen molar-refractivity contribution in [1.29, 1.82) is 0 Å². The summed E-state index contributed by atoms with van der Waals surface area (Å²) in [6, 6.07) is 2.50. The van der Waals surface area contributed by atoms with E-state index in [1.54, 1.807) is 26.8 Å². The maximum absolute atomic E-state index is 11.7. The number of carbonyl (C=O) groups is 2. The Hall–Kier alpha value is -2.18. The molecule has 7 nitrogen and oxygen atoms in total. The average molecular weight is 324 g/mol. The highest BCUT2D eigenvalue weighted by molar-refractivity contribution is 5.80. The molecule has 2 N–H and O–H groups in total. The molecule has 1 aromatic heterocycles. The number of furan rings is 1. The van der Waals surface area contributed by atoms with E-state index in [0.29, 0.717) is 5.76 Å². The van der Waals surface area contributed by atoms with Gasteiger partial charge < -0.3 is 24.5 Å². The molecule has 2 heterocycles. The van der Waals surface area contributed by atoms with Gasteiger partial charge in [0.1, 0.15) is 17.4 Å². The predicted octanol–water partition coefficient (Wildman–Crippen LogP) is 2.40. The van der Waals surface area contributed by atoms with Crippen LogP contribution in [0.3, 0.4) is 0 Å². The lowest BCUT2D eigenvalue weighted by Crippen LogP contribution is -2.44. The molecule has 1 aliphatic heterocycles. The minimum atomic E-state index is -1.13. The number of amides is 1. The van der Waals surface area contributed by atoms with E-state index < -0.39 is 23.7 Å². The van der Waals surface area contributed by atoms with Gasteiger partial charge in [-0.3, -0.25) is 0 Å². The van der Waals surface area contributed by atoms with Crippen LogP contribution in [0.15, 0.2) is 16.5 Å². The van der Waals surface area contributed by atoms with Crippen molar-refractivity contribution in [2.45, 2.75) is 51.7 Å². The Labute approximate surface area is 135 Å². The maximum atomic E-state index is 11.7. The van der Waals surface area contributed by atoms with Gasteiger partial charge in [0.15, 0.2) is 5.88 Å². The van der Waals surface area contributed by atoms with Crippen LogP contribution < -0.4 is 10.2 Å². The van der Waals surface area contributed by atoms with Gasteiger partial charge in [0, 0.05) is 25.6 Å². The number of hydrogen-bond donors (Lipinski definition) is 2. The number of aliphatic carboxylic acids is 1. The smallest absolute Gasteiger partial charge is 0.408 e. The summed E-state index contributed by atoms with van der Waals surface area (Å²) in [7, 11) is 0. The lowest BCUT2D eigenvalue weighted by molar-refractivity contribution is -0.139. The number of carboxylic acids is 1. The molecule has 1 aromatic rings. The second-order valence-corrected chi connectivity index (χ2v) is 6.68. The topological polar surface area (TPSA) is 92.0 Å². The summed E-state index contributed by atoms with van der Waals surface area (Å²) >= 11 is 0. The van der Waals surface area contributed by atoms with Gasteiger partial charge in [-0.25, -0.2) is 9.59 Å². The summed E-state index contributed by atoms with van der Waals surface area (Å²) in [5, 5.41) is 11.6. The van der Waals surface area contributed by atoms with E-state index in [2.05, 4.69) is 10.2 Å². The molecule has 1 fully saturated rings. The van der Waals surface area contributed by atoms with Crippen LogP contribution in [0.1, 0.15) is 39.4 Å². The van der Waals surface area contributed by atoms with Gasteiger partial charge in [0.25, 0.3) is 0 Å². The molecule has 1 aliphatic rings. The minimum Gasteiger partial charge on any atom is -0.480 e. The number of anilines is 1. The number of carboxylic acid groups (broad SMARTS) is 1. The van der Waals surface area contributed by atoms with Crippen molar-refractivity contribution < 1.29 is 23.8 Å². The molecular formula is C16H24N2O5. The van der Waals surface area contributed by atoms with Crippen LogP contribution in [0.2, 0.25) is 0 Å². The molecule has 0 aromatic carbocycles. The summed E-state index contributed by atoms with van der Waals surface area (Å²) in [5.74, 6) is 0.143. The van der Waals surface area contributed by atoms with Crippen LogP contribution in [-0.4, -0.2) is 41.9 Å². The molecule has 23 heavy (non-hydrogen) atoms. The molecule has 2 rings (SSSR count). The van der Waals surface area contributed by atoms with Crippen molar-refractivity contribution in [1.82, 2.24) is 5.32 Å². The molecule has 0 bridgehead atoms. The summed E-state index contributed by atoms with van der Waals surface area (Å²) in [6.07, 6.45) is 1.58. The standard InChI is InChI=1S/C16H24N2O5/c1-16(2,3)23-15(21)17-12(14(19)20)10-11-6-7-13(22-11)18-8-4-5-9-18/h6-7,12H,4-5,8-10H2,1-3H3,(H,17,21)(H,19,20). The van der Waals surface area contributed by atoms with Gasteiger partial charge in [0.2, 0.25) is 0 Å². The largest absolute Gasteiger partial charge is 0.480 e. The third kappa shape index (κ3) is 5.19. The zero-order valence-corrected chi connectivity index (χ0v) is 13.8. The van der Waals surface area contributed by atoms with Gasteiger partial charge >= 0.3 is 12.1 Å². The van der Waals surface area contributed by atoms with E-state index in [9.17, 15) is 14.7 Å². The Kier molecular flexibility index (Phi) is 5.18. The summed E-state index contributed by atoms with van der Waals surface area (Å²) in [6.45, 7) is 7.06. The van der Waals surface area contributed by atoms with Gasteiger partial charge in [0.05, 0.1) is 0 Å². The third-order valence-corrected chi connectivity index (χ3v) is 3.46. The molecule has 0 saturated carbocycles. The summed E-state index contributed by atoms with van der Waals surface area (Å²) in [5.41, 5.74) is -0.680. The Morgan fingerprint density at radius 2 is 2.00 bits per heavy atom. The monoisotopic (exact) mass is 324 g/mol. The van der Waals surface area contributed by atoms with Gasteiger partial charge in [-0.2, -0.15) is 0 Å². The van der Waals surface area contributed by atoms with Crippen LogP contribution in [0.25, 0.3) is 0 Å². The fourth-order valence-electron chi connectivity index (χ4n) is 2.43. The predicted molar refractivity (Wildman–Crippen MR) is 84.7 cm³/mol. The Morgan fingerprint density at radius 3 is 2.57 bits per heavy atom. The van der Waals surface area contributed by atoms with Gasteiger partial charge in [-0.15, -0.1) is 0 Å². The Morgan fingerprint density at radius 1 is 1.35 bits per heavy atom. The number of nitrogens with one attached hydrogen (secondary N) is 1. The van der Waals surface area contributed by atoms with Crippen molar-refractivity contribution in [3.05, 3.63) is 17.9 Å².